The molecule has 0 saturated carbocycles. The van der Waals surface area contributed by atoms with Crippen molar-refractivity contribution in [2.45, 2.75) is 12.3 Å². The third-order valence-corrected chi connectivity index (χ3v) is 11.9. The number of fused-ring (bicyclic) bond motifs is 7. The largest absolute Gasteiger partial charge is 0.456 e. The lowest BCUT2D eigenvalue weighted by atomic mass is 9.71. The molecule has 1 heterocycles. The zero-order chi connectivity index (χ0) is 37.2. The van der Waals surface area contributed by atoms with Gasteiger partial charge < -0.3 is 9.32 Å². The number of furan rings is 1. The lowest BCUT2D eigenvalue weighted by molar-refractivity contribution is 0.669. The summed E-state index contributed by atoms with van der Waals surface area (Å²) < 4.78 is 6.31. The van der Waals surface area contributed by atoms with Crippen molar-refractivity contribution < 1.29 is 4.42 Å². The minimum atomic E-state index is -0.349. The van der Waals surface area contributed by atoms with Crippen molar-refractivity contribution in [2.75, 3.05) is 4.90 Å². The van der Waals surface area contributed by atoms with Gasteiger partial charge in [-0.3, -0.25) is 0 Å². The van der Waals surface area contributed by atoms with Crippen molar-refractivity contribution in [3.05, 3.63) is 223 Å². The van der Waals surface area contributed by atoms with Crippen molar-refractivity contribution in [3.63, 3.8) is 0 Å². The Morgan fingerprint density at radius 1 is 0.375 bits per heavy atom. The molecule has 11 rings (SSSR count). The van der Waals surface area contributed by atoms with Crippen molar-refractivity contribution in [1.82, 2.24) is 0 Å². The highest BCUT2D eigenvalue weighted by Gasteiger charge is 2.42. The number of hydrogen-bond donors (Lipinski definition) is 0. The van der Waals surface area contributed by atoms with Crippen molar-refractivity contribution in [3.8, 4) is 33.4 Å². The standard InChI is InChI=1S/C54H37NO/c1-54(48-21-9-4-16-42(48)43-17-5-10-22-49(43)54)50-23-11-6-18-44(50)45-19-7-12-24-51(45)55(41-32-33-53-47(35-41)46-20-8-13-25-52(46)56-53)40-30-28-37(29-31-40)39-27-26-36-14-2-3-15-38(36)34-39/h2-35H,1H3. The molecule has 9 aromatic carbocycles. The summed E-state index contributed by atoms with van der Waals surface area (Å²) in [4.78, 5) is 2.41. The van der Waals surface area contributed by atoms with Crippen LogP contribution in [0.15, 0.2) is 211 Å². The summed E-state index contributed by atoms with van der Waals surface area (Å²) in [6, 6.07) is 74.9. The Labute approximate surface area is 326 Å². The van der Waals surface area contributed by atoms with Crippen LogP contribution in [-0.2, 0) is 5.41 Å². The van der Waals surface area contributed by atoms with Crippen LogP contribution in [0.25, 0.3) is 66.1 Å². The Morgan fingerprint density at radius 3 is 1.61 bits per heavy atom. The van der Waals surface area contributed by atoms with E-state index in [0.717, 1.165) is 39.0 Å². The summed E-state index contributed by atoms with van der Waals surface area (Å²) in [5, 5.41) is 4.70. The molecule has 0 unspecified atom stereocenters. The molecule has 0 amide bonds. The maximum Gasteiger partial charge on any atom is 0.135 e. The SMILES string of the molecule is CC1(c2ccccc2-c2ccccc2N(c2ccc(-c3ccc4ccccc4c3)cc2)c2ccc3oc4ccccc4c3c2)c2ccccc2-c2ccccc21. The third-order valence-electron chi connectivity index (χ3n) is 11.9. The van der Waals surface area contributed by atoms with Gasteiger partial charge in [-0.2, -0.15) is 0 Å². The number of hydrogen-bond acceptors (Lipinski definition) is 2. The van der Waals surface area contributed by atoms with Crippen molar-refractivity contribution in [2.24, 2.45) is 0 Å². The fraction of sp³-hybridized carbons (Fsp3) is 0.0370. The second kappa shape index (κ2) is 12.7. The fourth-order valence-corrected chi connectivity index (χ4v) is 9.25. The van der Waals surface area contributed by atoms with Gasteiger partial charge in [0.15, 0.2) is 0 Å². The lowest BCUT2D eigenvalue weighted by Gasteiger charge is -2.33. The van der Waals surface area contributed by atoms with Crippen LogP contribution >= 0.6 is 0 Å². The van der Waals surface area contributed by atoms with Gasteiger partial charge in [0, 0.05) is 33.1 Å². The molecule has 2 heteroatoms. The Morgan fingerprint density at radius 2 is 0.893 bits per heavy atom. The molecule has 1 aromatic heterocycles. The van der Waals surface area contributed by atoms with Crippen molar-refractivity contribution >= 4 is 49.8 Å². The molecule has 0 bridgehead atoms. The zero-order valence-corrected chi connectivity index (χ0v) is 31.0. The summed E-state index contributed by atoms with van der Waals surface area (Å²) >= 11 is 0. The second-order valence-electron chi connectivity index (χ2n) is 15.0. The summed E-state index contributed by atoms with van der Waals surface area (Å²) in [7, 11) is 0. The normalized spacial score (nSPS) is 12.9. The highest BCUT2D eigenvalue weighted by molar-refractivity contribution is 6.07. The molecule has 0 saturated heterocycles. The van der Waals surface area contributed by atoms with Crippen molar-refractivity contribution in [1.29, 1.82) is 0 Å². The first-order chi connectivity index (χ1) is 27.6. The minimum absolute atomic E-state index is 0.349. The van der Waals surface area contributed by atoms with Gasteiger partial charge in [-0.1, -0.05) is 158 Å². The smallest absolute Gasteiger partial charge is 0.135 e. The van der Waals surface area contributed by atoms with Gasteiger partial charge in [-0.15, -0.1) is 0 Å². The minimum Gasteiger partial charge on any atom is -0.456 e. The predicted octanol–water partition coefficient (Wildman–Crippen LogP) is 14.9. The van der Waals surface area contributed by atoms with E-state index in [2.05, 4.69) is 206 Å². The van der Waals surface area contributed by atoms with Gasteiger partial charge in [-0.05, 0) is 111 Å². The van der Waals surface area contributed by atoms with E-state index in [1.54, 1.807) is 0 Å². The highest BCUT2D eigenvalue weighted by atomic mass is 16.3. The number of rotatable bonds is 6. The Hall–Kier alpha value is -7.16. The number of para-hydroxylation sites is 2. The Kier molecular flexibility index (Phi) is 7.33. The van der Waals surface area contributed by atoms with Crippen LogP contribution in [0.1, 0.15) is 23.6 Å². The molecule has 56 heavy (non-hydrogen) atoms. The highest BCUT2D eigenvalue weighted by Crippen LogP contribution is 2.55. The van der Waals surface area contributed by atoms with Crippen LogP contribution in [0.5, 0.6) is 0 Å². The quantitative estimate of drug-likeness (QED) is 0.170. The van der Waals surface area contributed by atoms with Crippen LogP contribution in [0.3, 0.4) is 0 Å². The maximum absolute atomic E-state index is 6.31. The molecule has 0 spiro atoms. The zero-order valence-electron chi connectivity index (χ0n) is 31.0. The average molecular weight is 716 g/mol. The molecule has 0 radical (unpaired) electrons. The van der Waals surface area contributed by atoms with Gasteiger partial charge in [0.25, 0.3) is 0 Å². The van der Waals surface area contributed by atoms with Gasteiger partial charge >= 0.3 is 0 Å². The molecule has 10 aromatic rings. The van der Waals surface area contributed by atoms with Gasteiger partial charge in [-0.25, -0.2) is 0 Å². The molecular formula is C54H37NO. The van der Waals surface area contributed by atoms with Gasteiger partial charge in [0.1, 0.15) is 11.2 Å². The van der Waals surface area contributed by atoms with Crippen LogP contribution in [-0.4, -0.2) is 0 Å². The lowest BCUT2D eigenvalue weighted by Crippen LogP contribution is -2.23. The van der Waals surface area contributed by atoms with Gasteiger partial charge in [0.2, 0.25) is 0 Å². The molecule has 2 nitrogen and oxygen atoms in total. The topological polar surface area (TPSA) is 16.4 Å². The molecule has 1 aliphatic carbocycles. The van der Waals surface area contributed by atoms with E-state index < -0.39 is 0 Å². The van der Waals surface area contributed by atoms with E-state index in [1.807, 2.05) is 12.1 Å². The van der Waals surface area contributed by atoms with E-state index in [1.165, 1.54) is 60.8 Å². The van der Waals surface area contributed by atoms with E-state index in [9.17, 15) is 0 Å². The average Bonchev–Trinajstić information content (AvgIpc) is 3.77. The first-order valence-corrected chi connectivity index (χ1v) is 19.3. The maximum atomic E-state index is 6.31. The molecule has 0 N–H and O–H groups in total. The van der Waals surface area contributed by atoms with E-state index in [4.69, 9.17) is 4.42 Å². The van der Waals surface area contributed by atoms with E-state index in [0.29, 0.717) is 0 Å². The number of nitrogens with zero attached hydrogens (tertiary/aromatic N) is 1. The number of anilines is 3. The van der Waals surface area contributed by atoms with Crippen LogP contribution in [0.2, 0.25) is 0 Å². The molecule has 0 aliphatic heterocycles. The molecule has 1 aliphatic rings. The van der Waals surface area contributed by atoms with Crippen LogP contribution in [0.4, 0.5) is 17.1 Å². The van der Waals surface area contributed by atoms with E-state index >= 15 is 0 Å². The Bertz CT molecular complexity index is 3070. The molecular weight excluding hydrogens is 679 g/mol. The summed E-state index contributed by atoms with van der Waals surface area (Å²) in [5.41, 5.74) is 16.0. The number of benzene rings is 9. The van der Waals surface area contributed by atoms with Crippen LogP contribution in [0, 0.1) is 0 Å². The monoisotopic (exact) mass is 715 g/mol. The van der Waals surface area contributed by atoms with Gasteiger partial charge in [0.05, 0.1) is 5.69 Å². The summed E-state index contributed by atoms with van der Waals surface area (Å²) in [6.07, 6.45) is 0. The first-order valence-electron chi connectivity index (χ1n) is 19.3. The first kappa shape index (κ1) is 32.3. The molecule has 264 valence electrons. The molecule has 0 atom stereocenters. The molecule has 0 fully saturated rings. The third kappa shape index (κ3) is 4.96. The van der Waals surface area contributed by atoms with E-state index in [-0.39, 0.29) is 5.41 Å². The Balaban J connectivity index is 1.11. The summed E-state index contributed by atoms with van der Waals surface area (Å²) in [6.45, 7) is 2.40. The predicted molar refractivity (Wildman–Crippen MR) is 234 cm³/mol. The fourth-order valence-electron chi connectivity index (χ4n) is 9.25. The van der Waals surface area contributed by atoms with Crippen LogP contribution < -0.4 is 4.90 Å². The summed E-state index contributed by atoms with van der Waals surface area (Å²) in [5.74, 6) is 0. The second-order valence-corrected chi connectivity index (χ2v) is 15.0.